The van der Waals surface area contributed by atoms with Crippen molar-refractivity contribution in [1.82, 2.24) is 5.32 Å². The molecular weight excluding hydrogens is 210 g/mol. The molecule has 1 heterocycles. The van der Waals surface area contributed by atoms with Crippen LogP contribution in [0.25, 0.3) is 0 Å². The van der Waals surface area contributed by atoms with Gasteiger partial charge in [0.05, 0.1) is 6.61 Å². The molecular formula is C12H16ClNO. The molecule has 0 spiro atoms. The van der Waals surface area contributed by atoms with Crippen LogP contribution in [-0.4, -0.2) is 19.7 Å². The molecule has 2 rings (SSSR count). The molecule has 1 aromatic rings. The Labute approximate surface area is 95.6 Å². The van der Waals surface area contributed by atoms with Gasteiger partial charge < -0.3 is 10.1 Å². The molecule has 0 amide bonds. The molecule has 15 heavy (non-hydrogen) atoms. The first-order valence-electron chi connectivity index (χ1n) is 5.44. The molecule has 1 aliphatic heterocycles. The van der Waals surface area contributed by atoms with E-state index in [4.69, 9.17) is 16.3 Å². The van der Waals surface area contributed by atoms with Crippen molar-refractivity contribution >= 4 is 11.6 Å². The lowest BCUT2D eigenvalue weighted by Crippen LogP contribution is -2.33. The van der Waals surface area contributed by atoms with E-state index < -0.39 is 0 Å². The van der Waals surface area contributed by atoms with Crippen LogP contribution in [0.5, 0.6) is 5.75 Å². The van der Waals surface area contributed by atoms with E-state index in [0.29, 0.717) is 5.92 Å². The molecule has 0 saturated carbocycles. The average Bonchev–Trinajstić information content (AvgIpc) is 2.30. The zero-order valence-corrected chi connectivity index (χ0v) is 9.46. The monoisotopic (exact) mass is 225 g/mol. The van der Waals surface area contributed by atoms with Gasteiger partial charge in [0.1, 0.15) is 5.75 Å². The van der Waals surface area contributed by atoms with Crippen molar-refractivity contribution < 1.29 is 4.74 Å². The van der Waals surface area contributed by atoms with Crippen molar-refractivity contribution in [3.05, 3.63) is 29.3 Å². The van der Waals surface area contributed by atoms with E-state index >= 15 is 0 Å². The molecule has 82 valence electrons. The summed E-state index contributed by atoms with van der Waals surface area (Å²) in [7, 11) is 0. The fraction of sp³-hybridized carbons (Fsp3) is 0.500. The summed E-state index contributed by atoms with van der Waals surface area (Å²) in [6.45, 7) is 3.03. The Hall–Kier alpha value is -0.730. The molecule has 1 fully saturated rings. The summed E-state index contributed by atoms with van der Waals surface area (Å²) in [5, 5.41) is 4.13. The van der Waals surface area contributed by atoms with E-state index in [1.165, 1.54) is 12.8 Å². The van der Waals surface area contributed by atoms with Crippen LogP contribution in [0, 0.1) is 5.92 Å². The zero-order valence-electron chi connectivity index (χ0n) is 8.71. The second-order valence-electron chi connectivity index (χ2n) is 3.98. The molecule has 1 aromatic carbocycles. The molecule has 0 aliphatic carbocycles. The first-order valence-corrected chi connectivity index (χ1v) is 5.81. The highest BCUT2D eigenvalue weighted by atomic mass is 35.5. The van der Waals surface area contributed by atoms with Crippen LogP contribution in [0.4, 0.5) is 0 Å². The van der Waals surface area contributed by atoms with Crippen LogP contribution < -0.4 is 10.1 Å². The van der Waals surface area contributed by atoms with E-state index in [1.807, 2.05) is 24.3 Å². The van der Waals surface area contributed by atoms with E-state index in [9.17, 15) is 0 Å². The van der Waals surface area contributed by atoms with Gasteiger partial charge >= 0.3 is 0 Å². The second-order valence-corrected chi connectivity index (χ2v) is 4.41. The standard InChI is InChI=1S/C12H16ClNO/c13-11-3-5-12(6-4-11)15-9-10-2-1-7-14-8-10/h3-6,10,14H,1-2,7-9H2/t10-/m0/s1. The molecule has 0 radical (unpaired) electrons. The molecule has 1 atom stereocenters. The van der Waals surface area contributed by atoms with Gasteiger partial charge in [0, 0.05) is 17.5 Å². The van der Waals surface area contributed by atoms with Gasteiger partial charge in [0.2, 0.25) is 0 Å². The number of halogens is 1. The molecule has 1 N–H and O–H groups in total. The van der Waals surface area contributed by atoms with Crippen molar-refractivity contribution in [2.45, 2.75) is 12.8 Å². The fourth-order valence-electron chi connectivity index (χ4n) is 1.81. The topological polar surface area (TPSA) is 21.3 Å². The summed E-state index contributed by atoms with van der Waals surface area (Å²) in [5.74, 6) is 1.56. The zero-order chi connectivity index (χ0) is 10.5. The molecule has 3 heteroatoms. The lowest BCUT2D eigenvalue weighted by atomic mass is 10.0. The number of hydrogen-bond donors (Lipinski definition) is 1. The van der Waals surface area contributed by atoms with Crippen LogP contribution >= 0.6 is 11.6 Å². The number of benzene rings is 1. The summed E-state index contributed by atoms with van der Waals surface area (Å²) >= 11 is 5.79. The van der Waals surface area contributed by atoms with E-state index in [1.54, 1.807) is 0 Å². The Morgan fingerprint density at radius 2 is 2.13 bits per heavy atom. The molecule has 2 nitrogen and oxygen atoms in total. The first kappa shape index (κ1) is 10.8. The van der Waals surface area contributed by atoms with Gasteiger partial charge in [-0.3, -0.25) is 0 Å². The predicted octanol–water partition coefficient (Wildman–Crippen LogP) is 2.72. The normalized spacial score (nSPS) is 21.3. The summed E-state index contributed by atoms with van der Waals surface area (Å²) < 4.78 is 5.70. The van der Waals surface area contributed by atoms with Crippen molar-refractivity contribution in [3.8, 4) is 5.75 Å². The Kier molecular flexibility index (Phi) is 3.87. The van der Waals surface area contributed by atoms with Crippen molar-refractivity contribution in [2.75, 3.05) is 19.7 Å². The highest BCUT2D eigenvalue weighted by Gasteiger charge is 2.13. The lowest BCUT2D eigenvalue weighted by Gasteiger charge is -2.22. The van der Waals surface area contributed by atoms with Crippen LogP contribution in [-0.2, 0) is 0 Å². The molecule has 1 saturated heterocycles. The molecule has 1 aliphatic rings. The van der Waals surface area contributed by atoms with Crippen LogP contribution in [0.3, 0.4) is 0 Å². The summed E-state index contributed by atoms with van der Waals surface area (Å²) in [4.78, 5) is 0. The second kappa shape index (κ2) is 5.38. The summed E-state index contributed by atoms with van der Waals surface area (Å²) in [6, 6.07) is 7.54. The van der Waals surface area contributed by atoms with E-state index in [2.05, 4.69) is 5.32 Å². The Bertz CT molecular complexity index is 293. The van der Waals surface area contributed by atoms with Crippen molar-refractivity contribution in [2.24, 2.45) is 5.92 Å². The minimum absolute atomic E-state index is 0.648. The molecule has 0 unspecified atom stereocenters. The summed E-state index contributed by atoms with van der Waals surface area (Å²) in [6.07, 6.45) is 2.52. The van der Waals surface area contributed by atoms with E-state index in [-0.39, 0.29) is 0 Å². The van der Waals surface area contributed by atoms with Gasteiger partial charge in [-0.25, -0.2) is 0 Å². The maximum Gasteiger partial charge on any atom is 0.119 e. The van der Waals surface area contributed by atoms with Gasteiger partial charge in [-0.1, -0.05) is 11.6 Å². The fourth-order valence-corrected chi connectivity index (χ4v) is 1.94. The van der Waals surface area contributed by atoms with Crippen LogP contribution in [0.1, 0.15) is 12.8 Å². The van der Waals surface area contributed by atoms with Gasteiger partial charge in [0.25, 0.3) is 0 Å². The Morgan fingerprint density at radius 1 is 1.33 bits per heavy atom. The molecule has 0 bridgehead atoms. The highest BCUT2D eigenvalue weighted by Crippen LogP contribution is 2.17. The maximum atomic E-state index is 5.79. The number of ether oxygens (including phenoxy) is 1. The Morgan fingerprint density at radius 3 is 2.80 bits per heavy atom. The third-order valence-corrected chi connectivity index (χ3v) is 2.95. The van der Waals surface area contributed by atoms with Gasteiger partial charge in [0.15, 0.2) is 0 Å². The quantitative estimate of drug-likeness (QED) is 0.854. The minimum Gasteiger partial charge on any atom is -0.493 e. The Balaban J connectivity index is 1.79. The number of nitrogens with one attached hydrogen (secondary N) is 1. The molecule has 0 aromatic heterocycles. The first-order chi connectivity index (χ1) is 7.34. The minimum atomic E-state index is 0.648. The van der Waals surface area contributed by atoms with Gasteiger partial charge in [-0.15, -0.1) is 0 Å². The van der Waals surface area contributed by atoms with Crippen LogP contribution in [0.15, 0.2) is 24.3 Å². The lowest BCUT2D eigenvalue weighted by molar-refractivity contribution is 0.218. The smallest absolute Gasteiger partial charge is 0.119 e. The third kappa shape index (κ3) is 3.40. The SMILES string of the molecule is Clc1ccc(OC[C@H]2CCCNC2)cc1. The maximum absolute atomic E-state index is 5.79. The predicted molar refractivity (Wildman–Crippen MR) is 62.5 cm³/mol. The average molecular weight is 226 g/mol. The number of piperidine rings is 1. The summed E-state index contributed by atoms with van der Waals surface area (Å²) in [5.41, 5.74) is 0. The number of rotatable bonds is 3. The van der Waals surface area contributed by atoms with Gasteiger partial charge in [-0.2, -0.15) is 0 Å². The van der Waals surface area contributed by atoms with Crippen LogP contribution in [0.2, 0.25) is 5.02 Å². The van der Waals surface area contributed by atoms with Crippen molar-refractivity contribution in [3.63, 3.8) is 0 Å². The van der Waals surface area contributed by atoms with E-state index in [0.717, 1.165) is 30.5 Å². The van der Waals surface area contributed by atoms with Crippen molar-refractivity contribution in [1.29, 1.82) is 0 Å². The number of hydrogen-bond acceptors (Lipinski definition) is 2. The third-order valence-electron chi connectivity index (χ3n) is 2.70. The van der Waals surface area contributed by atoms with Gasteiger partial charge in [-0.05, 0) is 43.7 Å². The largest absolute Gasteiger partial charge is 0.493 e. The highest BCUT2D eigenvalue weighted by molar-refractivity contribution is 6.30.